The van der Waals surface area contributed by atoms with Crippen LogP contribution in [0.5, 0.6) is 5.75 Å². The van der Waals surface area contributed by atoms with Crippen LogP contribution in [-0.4, -0.2) is 7.11 Å². The molecule has 1 aliphatic rings. The average molecular weight is 350 g/mol. The molecule has 132 valence electrons. The summed E-state index contributed by atoms with van der Waals surface area (Å²) in [5.41, 5.74) is 9.22. The molecule has 4 aromatic carbocycles. The highest BCUT2D eigenvalue weighted by Gasteiger charge is 2.34. The van der Waals surface area contributed by atoms with Gasteiger partial charge in [-0.2, -0.15) is 0 Å². The second kappa shape index (κ2) is 5.99. The standard InChI is InChI=1S/C26H22O/c1-16-8-11-18(12-9-16)24-21-13-10-17(2)14-22(21)25-20-7-5-4-6-19(20)15-23(27-3)26(24)25/h4-15,24H,1-3H3. The highest BCUT2D eigenvalue weighted by Crippen LogP contribution is 2.54. The molecule has 27 heavy (non-hydrogen) atoms. The van der Waals surface area contributed by atoms with Crippen molar-refractivity contribution in [3.05, 3.63) is 101 Å². The minimum absolute atomic E-state index is 0.204. The predicted octanol–water partition coefficient (Wildman–Crippen LogP) is 6.63. The van der Waals surface area contributed by atoms with Gasteiger partial charge >= 0.3 is 0 Å². The third kappa shape index (κ3) is 2.39. The van der Waals surface area contributed by atoms with Crippen LogP contribution < -0.4 is 4.74 Å². The molecule has 4 aromatic rings. The van der Waals surface area contributed by atoms with Gasteiger partial charge in [0, 0.05) is 11.5 Å². The van der Waals surface area contributed by atoms with E-state index in [9.17, 15) is 0 Å². The second-order valence-corrected chi connectivity index (χ2v) is 7.52. The fourth-order valence-electron chi connectivity index (χ4n) is 4.48. The number of ether oxygens (including phenoxy) is 1. The van der Waals surface area contributed by atoms with Crippen molar-refractivity contribution in [3.63, 3.8) is 0 Å². The van der Waals surface area contributed by atoms with Crippen LogP contribution in [0.15, 0.2) is 72.8 Å². The van der Waals surface area contributed by atoms with Gasteiger partial charge in [0.25, 0.3) is 0 Å². The van der Waals surface area contributed by atoms with E-state index in [0.29, 0.717) is 0 Å². The van der Waals surface area contributed by atoms with Crippen LogP contribution in [0.3, 0.4) is 0 Å². The largest absolute Gasteiger partial charge is 0.496 e. The van der Waals surface area contributed by atoms with Crippen LogP contribution in [0.4, 0.5) is 0 Å². The monoisotopic (exact) mass is 350 g/mol. The molecule has 0 saturated heterocycles. The molecule has 1 unspecified atom stereocenters. The fourth-order valence-corrected chi connectivity index (χ4v) is 4.48. The molecule has 1 atom stereocenters. The molecule has 0 fully saturated rings. The first kappa shape index (κ1) is 16.1. The number of fused-ring (bicyclic) bond motifs is 5. The maximum atomic E-state index is 5.90. The number of methoxy groups -OCH3 is 1. The molecule has 1 heteroatoms. The third-order valence-electron chi connectivity index (χ3n) is 5.76. The van der Waals surface area contributed by atoms with Crippen molar-refractivity contribution in [1.82, 2.24) is 0 Å². The Balaban J connectivity index is 1.92. The Morgan fingerprint density at radius 3 is 2.30 bits per heavy atom. The molecule has 0 radical (unpaired) electrons. The molecule has 0 bridgehead atoms. The molecule has 0 aliphatic heterocycles. The lowest BCUT2D eigenvalue weighted by Crippen LogP contribution is -2.02. The van der Waals surface area contributed by atoms with E-state index in [1.807, 2.05) is 0 Å². The van der Waals surface area contributed by atoms with Gasteiger partial charge in [-0.3, -0.25) is 0 Å². The van der Waals surface area contributed by atoms with Gasteiger partial charge in [0.05, 0.1) is 7.11 Å². The molecule has 1 aliphatic carbocycles. The summed E-state index contributed by atoms with van der Waals surface area (Å²) in [5.74, 6) is 1.18. The van der Waals surface area contributed by atoms with E-state index in [1.54, 1.807) is 7.11 Å². The zero-order chi connectivity index (χ0) is 18.5. The maximum Gasteiger partial charge on any atom is 0.124 e. The smallest absolute Gasteiger partial charge is 0.124 e. The zero-order valence-corrected chi connectivity index (χ0v) is 15.9. The molecule has 0 saturated carbocycles. The van der Waals surface area contributed by atoms with Crippen molar-refractivity contribution in [2.45, 2.75) is 19.8 Å². The van der Waals surface area contributed by atoms with E-state index < -0.39 is 0 Å². The molecule has 1 nitrogen and oxygen atoms in total. The summed E-state index contributed by atoms with van der Waals surface area (Å²) in [6, 6.07) is 26.6. The van der Waals surface area contributed by atoms with Crippen LogP contribution in [0, 0.1) is 13.8 Å². The van der Waals surface area contributed by atoms with Crippen LogP contribution >= 0.6 is 0 Å². The minimum atomic E-state index is 0.204. The van der Waals surface area contributed by atoms with Gasteiger partial charge in [-0.1, -0.05) is 77.9 Å². The van der Waals surface area contributed by atoms with Crippen LogP contribution in [0.2, 0.25) is 0 Å². The van der Waals surface area contributed by atoms with Gasteiger partial charge in [0.2, 0.25) is 0 Å². The van der Waals surface area contributed by atoms with E-state index in [0.717, 1.165) is 5.75 Å². The Morgan fingerprint density at radius 2 is 1.52 bits per heavy atom. The Kier molecular flexibility index (Phi) is 3.58. The second-order valence-electron chi connectivity index (χ2n) is 7.52. The van der Waals surface area contributed by atoms with Crippen molar-refractivity contribution >= 4 is 10.8 Å². The summed E-state index contributed by atoms with van der Waals surface area (Å²) in [7, 11) is 1.78. The van der Waals surface area contributed by atoms with E-state index in [2.05, 4.69) is 86.6 Å². The predicted molar refractivity (Wildman–Crippen MR) is 113 cm³/mol. The van der Waals surface area contributed by atoms with Gasteiger partial charge in [-0.05, 0) is 52.9 Å². The number of aryl methyl sites for hydroxylation is 2. The molecule has 0 heterocycles. The molecule has 0 amide bonds. The first-order chi connectivity index (χ1) is 13.2. The van der Waals surface area contributed by atoms with Crippen LogP contribution in [-0.2, 0) is 0 Å². The molecule has 0 aromatic heterocycles. The quantitative estimate of drug-likeness (QED) is 0.347. The van der Waals surface area contributed by atoms with Gasteiger partial charge in [0.15, 0.2) is 0 Å². The van der Waals surface area contributed by atoms with E-state index >= 15 is 0 Å². The van der Waals surface area contributed by atoms with Gasteiger partial charge in [-0.15, -0.1) is 0 Å². The number of hydrogen-bond acceptors (Lipinski definition) is 1. The highest BCUT2D eigenvalue weighted by atomic mass is 16.5. The summed E-state index contributed by atoms with van der Waals surface area (Å²) in [6.45, 7) is 4.30. The van der Waals surface area contributed by atoms with Crippen molar-refractivity contribution in [2.24, 2.45) is 0 Å². The Hall–Kier alpha value is -3.06. The van der Waals surface area contributed by atoms with Crippen molar-refractivity contribution in [3.8, 4) is 16.9 Å². The Bertz CT molecular complexity index is 1170. The SMILES string of the molecule is COc1cc2ccccc2c2c1C(c1ccc(C)cc1)c1ccc(C)cc1-2. The summed E-state index contributed by atoms with van der Waals surface area (Å²) in [5, 5.41) is 2.53. The normalized spacial score (nSPS) is 14.9. The van der Waals surface area contributed by atoms with Crippen LogP contribution in [0.1, 0.15) is 33.7 Å². The summed E-state index contributed by atoms with van der Waals surface area (Å²) < 4.78 is 5.90. The lowest BCUT2D eigenvalue weighted by Gasteiger charge is -2.18. The summed E-state index contributed by atoms with van der Waals surface area (Å²) in [6.07, 6.45) is 0. The fraction of sp³-hybridized carbons (Fsp3) is 0.154. The Morgan fingerprint density at radius 1 is 0.778 bits per heavy atom. The molecule has 5 rings (SSSR count). The van der Waals surface area contributed by atoms with E-state index in [1.165, 1.54) is 49.7 Å². The summed E-state index contributed by atoms with van der Waals surface area (Å²) in [4.78, 5) is 0. The zero-order valence-electron chi connectivity index (χ0n) is 15.9. The maximum absolute atomic E-state index is 5.90. The number of benzene rings is 4. The number of hydrogen-bond donors (Lipinski definition) is 0. The molecular formula is C26H22O. The first-order valence-corrected chi connectivity index (χ1v) is 9.44. The first-order valence-electron chi connectivity index (χ1n) is 9.44. The summed E-state index contributed by atoms with van der Waals surface area (Å²) >= 11 is 0. The lowest BCUT2D eigenvalue weighted by atomic mass is 9.87. The van der Waals surface area contributed by atoms with Crippen molar-refractivity contribution in [2.75, 3.05) is 7.11 Å². The van der Waals surface area contributed by atoms with Crippen molar-refractivity contribution < 1.29 is 4.74 Å². The molecule has 0 spiro atoms. The Labute approximate surface area is 160 Å². The topological polar surface area (TPSA) is 9.23 Å². The number of rotatable bonds is 2. The van der Waals surface area contributed by atoms with E-state index in [-0.39, 0.29) is 5.92 Å². The lowest BCUT2D eigenvalue weighted by molar-refractivity contribution is 0.410. The van der Waals surface area contributed by atoms with Gasteiger partial charge in [-0.25, -0.2) is 0 Å². The van der Waals surface area contributed by atoms with Gasteiger partial charge in [0.1, 0.15) is 5.75 Å². The van der Waals surface area contributed by atoms with E-state index in [4.69, 9.17) is 4.74 Å². The van der Waals surface area contributed by atoms with Gasteiger partial charge < -0.3 is 4.74 Å². The molecule has 0 N–H and O–H groups in total. The molecular weight excluding hydrogens is 328 g/mol. The van der Waals surface area contributed by atoms with Crippen molar-refractivity contribution in [1.29, 1.82) is 0 Å². The van der Waals surface area contributed by atoms with Crippen LogP contribution in [0.25, 0.3) is 21.9 Å². The third-order valence-corrected chi connectivity index (χ3v) is 5.76. The average Bonchev–Trinajstić information content (AvgIpc) is 3.02. The minimum Gasteiger partial charge on any atom is -0.496 e. The highest BCUT2D eigenvalue weighted by molar-refractivity contribution is 6.04.